The van der Waals surface area contributed by atoms with E-state index in [9.17, 15) is 4.79 Å². The summed E-state index contributed by atoms with van der Waals surface area (Å²) in [6.07, 6.45) is 2.18. The Morgan fingerprint density at radius 2 is 1.65 bits per heavy atom. The van der Waals surface area contributed by atoms with Crippen LogP contribution in [0.15, 0.2) is 29.8 Å². The zero-order valence-electron chi connectivity index (χ0n) is 14.8. The van der Waals surface area contributed by atoms with Gasteiger partial charge in [-0.05, 0) is 46.3 Å². The second-order valence-electron chi connectivity index (χ2n) is 6.96. The molecule has 124 valence electrons. The molecule has 0 amide bonds. The summed E-state index contributed by atoms with van der Waals surface area (Å²) >= 11 is 0. The predicted molar refractivity (Wildman–Crippen MR) is 92.1 cm³/mol. The van der Waals surface area contributed by atoms with E-state index in [1.54, 1.807) is 0 Å². The summed E-state index contributed by atoms with van der Waals surface area (Å²) in [6, 6.07) is 7.97. The number of hydrogen-bond acceptors (Lipinski definition) is 4. The van der Waals surface area contributed by atoms with Crippen molar-refractivity contribution in [1.29, 1.82) is 0 Å². The Kier molecular flexibility index (Phi) is 5.02. The van der Waals surface area contributed by atoms with E-state index in [2.05, 4.69) is 0 Å². The molecule has 0 bridgehead atoms. The van der Waals surface area contributed by atoms with Gasteiger partial charge in [0, 0.05) is 11.9 Å². The highest BCUT2D eigenvalue weighted by atomic mass is 16.7. The van der Waals surface area contributed by atoms with Crippen LogP contribution in [0.25, 0.3) is 6.08 Å². The van der Waals surface area contributed by atoms with Crippen molar-refractivity contribution in [2.24, 2.45) is 0 Å². The lowest BCUT2D eigenvalue weighted by Crippen LogP contribution is -2.41. The zero-order valence-corrected chi connectivity index (χ0v) is 14.8. The van der Waals surface area contributed by atoms with Crippen LogP contribution >= 0.6 is 0 Å². The first-order valence-electron chi connectivity index (χ1n) is 7.86. The fraction of sp³-hybridized carbons (Fsp3) is 0.500. The quantitative estimate of drug-likeness (QED) is 0.483. The number of esters is 1. The second-order valence-corrected chi connectivity index (χ2v) is 6.96. The third-order valence-electron chi connectivity index (χ3n) is 4.55. The molecule has 0 aliphatic carbocycles. The first-order valence-corrected chi connectivity index (χ1v) is 7.86. The minimum atomic E-state index is -0.462. The highest BCUT2D eigenvalue weighted by molar-refractivity contribution is 6.47. The maximum Gasteiger partial charge on any atom is 0.462 e. The molecular weight excluding hydrogens is 291 g/mol. The normalized spacial score (nSPS) is 19.7. The molecule has 1 aromatic rings. The fourth-order valence-electron chi connectivity index (χ4n) is 2.42. The smallest absolute Gasteiger partial charge is 0.462 e. The van der Waals surface area contributed by atoms with Gasteiger partial charge in [0.1, 0.15) is 0 Å². The van der Waals surface area contributed by atoms with E-state index in [1.807, 2.05) is 65.0 Å². The van der Waals surface area contributed by atoms with E-state index < -0.39 is 18.3 Å². The van der Waals surface area contributed by atoms with Gasteiger partial charge in [-0.1, -0.05) is 29.8 Å². The van der Waals surface area contributed by atoms with Gasteiger partial charge in [-0.25, -0.2) is 4.79 Å². The van der Waals surface area contributed by atoms with Crippen LogP contribution in [0, 0.1) is 6.92 Å². The molecule has 0 aromatic heterocycles. The van der Waals surface area contributed by atoms with Gasteiger partial charge < -0.3 is 14.0 Å². The van der Waals surface area contributed by atoms with Gasteiger partial charge in [-0.2, -0.15) is 0 Å². The van der Waals surface area contributed by atoms with Gasteiger partial charge in [0.25, 0.3) is 0 Å². The monoisotopic (exact) mass is 316 g/mol. The maximum atomic E-state index is 12.1. The molecule has 0 saturated carbocycles. The molecule has 1 heterocycles. The first-order chi connectivity index (χ1) is 10.6. The van der Waals surface area contributed by atoms with E-state index in [0.29, 0.717) is 11.9 Å². The number of carbonyl (C=O) groups is 1. The lowest BCUT2D eigenvalue weighted by molar-refractivity contribution is -0.135. The largest absolute Gasteiger partial charge is 0.466 e. The molecule has 0 unspecified atom stereocenters. The summed E-state index contributed by atoms with van der Waals surface area (Å²) in [5, 5.41) is 0. The molecule has 0 spiro atoms. The topological polar surface area (TPSA) is 44.8 Å². The van der Waals surface area contributed by atoms with Crippen molar-refractivity contribution in [1.82, 2.24) is 0 Å². The highest BCUT2D eigenvalue weighted by Crippen LogP contribution is 2.38. The molecule has 0 atom stereocenters. The van der Waals surface area contributed by atoms with E-state index >= 15 is 0 Å². The van der Waals surface area contributed by atoms with E-state index in [1.165, 1.54) is 12.7 Å². The standard InChI is InChI=1S/C18H25BO4/c1-13-7-9-14(10-8-13)11-15(16(20)21-6)12-19-22-17(2,3)18(4,5)23-19/h7-11H,12H2,1-6H3/b15-11+. The molecule has 1 aliphatic heterocycles. The third-order valence-corrected chi connectivity index (χ3v) is 4.55. The van der Waals surface area contributed by atoms with Crippen LogP contribution in [0.2, 0.25) is 6.32 Å². The number of hydrogen-bond donors (Lipinski definition) is 0. The van der Waals surface area contributed by atoms with Crippen molar-refractivity contribution in [2.75, 3.05) is 7.11 Å². The minimum absolute atomic E-state index is 0.355. The van der Waals surface area contributed by atoms with Crippen molar-refractivity contribution in [3.8, 4) is 0 Å². The molecule has 0 radical (unpaired) electrons. The first kappa shape index (κ1) is 17.8. The Balaban J connectivity index is 2.21. The van der Waals surface area contributed by atoms with Crippen molar-refractivity contribution in [3.63, 3.8) is 0 Å². The SMILES string of the molecule is COC(=O)/C(=C/c1ccc(C)cc1)CB1OC(C)(C)C(C)(C)O1. The van der Waals surface area contributed by atoms with Crippen molar-refractivity contribution >= 4 is 19.2 Å². The summed E-state index contributed by atoms with van der Waals surface area (Å²) in [5.41, 5.74) is 1.83. The lowest BCUT2D eigenvalue weighted by atomic mass is 9.80. The molecule has 4 nitrogen and oxygen atoms in total. The second kappa shape index (κ2) is 6.50. The molecule has 1 fully saturated rings. The van der Waals surface area contributed by atoms with Crippen LogP contribution in [-0.2, 0) is 18.8 Å². The summed E-state index contributed by atoms with van der Waals surface area (Å²) in [5.74, 6) is -0.361. The Morgan fingerprint density at radius 1 is 1.13 bits per heavy atom. The average Bonchev–Trinajstić information content (AvgIpc) is 2.67. The molecule has 0 N–H and O–H groups in total. The molecule has 2 rings (SSSR count). The number of methoxy groups -OCH3 is 1. The third kappa shape index (κ3) is 4.04. The zero-order chi connectivity index (χ0) is 17.3. The molecule has 1 aliphatic rings. The van der Waals surface area contributed by atoms with Crippen LogP contribution in [-0.4, -0.2) is 31.4 Å². The lowest BCUT2D eigenvalue weighted by Gasteiger charge is -2.32. The Labute approximate surface area is 139 Å². The number of benzene rings is 1. The van der Waals surface area contributed by atoms with Crippen molar-refractivity contribution < 1.29 is 18.8 Å². The maximum absolute atomic E-state index is 12.1. The van der Waals surface area contributed by atoms with E-state index in [-0.39, 0.29) is 5.97 Å². The Bertz CT molecular complexity index is 586. The van der Waals surface area contributed by atoms with Gasteiger partial charge in [-0.15, -0.1) is 0 Å². The van der Waals surface area contributed by atoms with Gasteiger partial charge in [0.05, 0.1) is 18.3 Å². The van der Waals surface area contributed by atoms with Crippen molar-refractivity contribution in [2.45, 2.75) is 52.1 Å². The molecule has 1 aromatic carbocycles. The van der Waals surface area contributed by atoms with E-state index in [4.69, 9.17) is 14.0 Å². The summed E-state index contributed by atoms with van der Waals surface area (Å²) in [4.78, 5) is 12.1. The van der Waals surface area contributed by atoms with Crippen LogP contribution in [0.5, 0.6) is 0 Å². The van der Waals surface area contributed by atoms with Crippen LogP contribution in [0.3, 0.4) is 0 Å². The fourth-order valence-corrected chi connectivity index (χ4v) is 2.42. The van der Waals surface area contributed by atoms with Gasteiger partial charge in [0.15, 0.2) is 0 Å². The number of rotatable bonds is 4. The summed E-state index contributed by atoms with van der Waals surface area (Å²) < 4.78 is 16.9. The molecule has 23 heavy (non-hydrogen) atoms. The Hall–Kier alpha value is -1.59. The van der Waals surface area contributed by atoms with Crippen LogP contribution in [0.1, 0.15) is 38.8 Å². The number of ether oxygens (including phenoxy) is 1. The van der Waals surface area contributed by atoms with Crippen molar-refractivity contribution in [3.05, 3.63) is 41.0 Å². The minimum Gasteiger partial charge on any atom is -0.466 e. The Morgan fingerprint density at radius 3 is 2.13 bits per heavy atom. The van der Waals surface area contributed by atoms with Gasteiger partial charge in [-0.3, -0.25) is 0 Å². The highest BCUT2D eigenvalue weighted by Gasteiger charge is 2.51. The van der Waals surface area contributed by atoms with Gasteiger partial charge >= 0.3 is 13.1 Å². The average molecular weight is 316 g/mol. The summed E-state index contributed by atoms with van der Waals surface area (Å²) in [6.45, 7) is 10.0. The summed E-state index contributed by atoms with van der Waals surface area (Å²) in [7, 11) is 0.922. The van der Waals surface area contributed by atoms with E-state index in [0.717, 1.165) is 5.56 Å². The molecular formula is C18H25BO4. The number of aryl methyl sites for hydroxylation is 1. The van der Waals surface area contributed by atoms with Gasteiger partial charge in [0.2, 0.25) is 0 Å². The van der Waals surface area contributed by atoms with Crippen LogP contribution < -0.4 is 0 Å². The predicted octanol–water partition coefficient (Wildman–Crippen LogP) is 3.64. The van der Waals surface area contributed by atoms with Crippen LogP contribution in [0.4, 0.5) is 0 Å². The number of carbonyl (C=O) groups excluding carboxylic acids is 1. The molecule has 5 heteroatoms. The molecule has 1 saturated heterocycles.